The molecule has 9 nitrogen and oxygen atoms in total. The molecule has 1 amide bonds. The molecule has 1 fully saturated rings. The Morgan fingerprint density at radius 3 is 2.72 bits per heavy atom. The van der Waals surface area contributed by atoms with E-state index in [-0.39, 0.29) is 17.3 Å². The summed E-state index contributed by atoms with van der Waals surface area (Å²) >= 11 is 2.71. The molecule has 11 heteroatoms. The third-order valence-corrected chi connectivity index (χ3v) is 7.20. The SMILES string of the molecule is CCc1nnc(NC(=O)CSc2nc(=O)n(N3CCN(C)CC3)c3c2CCC3)s1. The van der Waals surface area contributed by atoms with E-state index >= 15 is 0 Å². The van der Waals surface area contributed by atoms with Crippen LogP contribution in [-0.4, -0.2) is 69.6 Å². The molecule has 2 aliphatic rings. The number of hydrogen-bond donors (Lipinski definition) is 1. The third kappa shape index (κ3) is 4.46. The molecule has 0 atom stereocenters. The summed E-state index contributed by atoms with van der Waals surface area (Å²) in [5, 5.41) is 15.0. The van der Waals surface area contributed by atoms with Gasteiger partial charge < -0.3 is 9.91 Å². The van der Waals surface area contributed by atoms with Crippen LogP contribution in [0.25, 0.3) is 0 Å². The number of amides is 1. The van der Waals surface area contributed by atoms with Gasteiger partial charge in [0.05, 0.1) is 11.4 Å². The largest absolute Gasteiger partial charge is 0.367 e. The lowest BCUT2D eigenvalue weighted by molar-refractivity contribution is -0.113. The second-order valence-electron chi connectivity index (χ2n) is 7.24. The number of carbonyl (C=O) groups excluding carboxylic acids is 1. The van der Waals surface area contributed by atoms with Crippen LogP contribution in [0.1, 0.15) is 29.6 Å². The standard InChI is InChI=1S/C18H25N7O2S2/c1-3-15-21-22-17(29-15)19-14(26)11-28-16-12-5-4-6-13(12)25(18(27)20-16)24-9-7-23(2)8-10-24/h3-11H2,1-2H3,(H,19,22,26). The molecule has 3 heterocycles. The van der Waals surface area contributed by atoms with Crippen molar-refractivity contribution in [2.45, 2.75) is 37.6 Å². The molecule has 0 unspecified atom stereocenters. The van der Waals surface area contributed by atoms with Crippen molar-refractivity contribution in [2.24, 2.45) is 0 Å². The minimum absolute atomic E-state index is 0.161. The fourth-order valence-corrected chi connectivity index (χ4v) is 5.22. The Kier molecular flexibility index (Phi) is 6.16. The van der Waals surface area contributed by atoms with Crippen molar-refractivity contribution in [2.75, 3.05) is 49.3 Å². The number of anilines is 1. The molecule has 1 N–H and O–H groups in total. The highest BCUT2D eigenvalue weighted by Crippen LogP contribution is 2.29. The van der Waals surface area contributed by atoms with Crippen LogP contribution in [0.2, 0.25) is 0 Å². The maximum absolute atomic E-state index is 12.8. The number of fused-ring (bicyclic) bond motifs is 1. The van der Waals surface area contributed by atoms with Crippen LogP contribution in [0.4, 0.5) is 5.13 Å². The van der Waals surface area contributed by atoms with Crippen molar-refractivity contribution >= 4 is 34.1 Å². The number of aromatic nitrogens is 4. The van der Waals surface area contributed by atoms with E-state index in [2.05, 4.69) is 37.5 Å². The first-order chi connectivity index (χ1) is 14.0. The summed E-state index contributed by atoms with van der Waals surface area (Å²) in [5.41, 5.74) is 1.94. The number of piperazine rings is 1. The van der Waals surface area contributed by atoms with Crippen LogP contribution >= 0.6 is 23.1 Å². The average molecular weight is 436 g/mol. The lowest BCUT2D eigenvalue weighted by atomic mass is 10.3. The van der Waals surface area contributed by atoms with Gasteiger partial charge in [-0.15, -0.1) is 10.2 Å². The van der Waals surface area contributed by atoms with E-state index in [0.717, 1.165) is 68.1 Å². The quantitative estimate of drug-likeness (QED) is 0.525. The third-order valence-electron chi connectivity index (χ3n) is 5.20. The maximum Gasteiger partial charge on any atom is 0.367 e. The van der Waals surface area contributed by atoms with Crippen LogP contribution in [0.15, 0.2) is 9.82 Å². The number of rotatable bonds is 6. The van der Waals surface area contributed by atoms with Gasteiger partial charge in [0.25, 0.3) is 0 Å². The number of aryl methyl sites for hydroxylation is 1. The fraction of sp³-hybridized carbons (Fsp3) is 0.611. The zero-order valence-electron chi connectivity index (χ0n) is 16.7. The minimum atomic E-state index is -0.241. The van der Waals surface area contributed by atoms with Crippen LogP contribution in [0.3, 0.4) is 0 Å². The number of nitrogens with zero attached hydrogens (tertiary/aromatic N) is 6. The van der Waals surface area contributed by atoms with Crippen molar-refractivity contribution in [3.63, 3.8) is 0 Å². The van der Waals surface area contributed by atoms with Gasteiger partial charge in [-0.3, -0.25) is 10.1 Å². The van der Waals surface area contributed by atoms with Gasteiger partial charge in [-0.1, -0.05) is 30.0 Å². The van der Waals surface area contributed by atoms with E-state index in [1.165, 1.54) is 23.1 Å². The van der Waals surface area contributed by atoms with Gasteiger partial charge in [-0.2, -0.15) is 4.98 Å². The van der Waals surface area contributed by atoms with Crippen LogP contribution in [-0.2, 0) is 24.1 Å². The number of likely N-dealkylation sites (N-methyl/N-ethyl adjacent to an activating group) is 1. The summed E-state index contributed by atoms with van der Waals surface area (Å²) in [4.78, 5) is 31.7. The first kappa shape index (κ1) is 20.3. The first-order valence-electron chi connectivity index (χ1n) is 9.88. The zero-order valence-corrected chi connectivity index (χ0v) is 18.3. The minimum Gasteiger partial charge on any atom is -0.306 e. The van der Waals surface area contributed by atoms with E-state index in [9.17, 15) is 9.59 Å². The maximum atomic E-state index is 12.8. The Morgan fingerprint density at radius 1 is 1.21 bits per heavy atom. The molecule has 1 aliphatic heterocycles. The highest BCUT2D eigenvalue weighted by Gasteiger charge is 2.26. The number of nitrogens with one attached hydrogen (secondary N) is 1. The molecule has 0 aromatic carbocycles. The lowest BCUT2D eigenvalue weighted by Crippen LogP contribution is -2.54. The first-order valence-corrected chi connectivity index (χ1v) is 11.7. The van der Waals surface area contributed by atoms with E-state index < -0.39 is 0 Å². The molecule has 1 saturated heterocycles. The molecule has 156 valence electrons. The van der Waals surface area contributed by atoms with Crippen LogP contribution in [0, 0.1) is 0 Å². The highest BCUT2D eigenvalue weighted by molar-refractivity contribution is 8.00. The summed E-state index contributed by atoms with van der Waals surface area (Å²) in [5.74, 6) is 0.0314. The van der Waals surface area contributed by atoms with Gasteiger partial charge >= 0.3 is 5.69 Å². The van der Waals surface area contributed by atoms with E-state index in [1.807, 2.05) is 6.92 Å². The molecule has 2 aromatic rings. The van der Waals surface area contributed by atoms with Crippen molar-refractivity contribution < 1.29 is 4.79 Å². The molecule has 0 saturated carbocycles. The Bertz CT molecular complexity index is 950. The van der Waals surface area contributed by atoms with Crippen LogP contribution < -0.4 is 16.0 Å². The van der Waals surface area contributed by atoms with Gasteiger partial charge in [-0.25, -0.2) is 9.47 Å². The predicted molar refractivity (Wildman–Crippen MR) is 115 cm³/mol. The van der Waals surface area contributed by atoms with Gasteiger partial charge in [0.2, 0.25) is 11.0 Å². The molecule has 4 rings (SSSR count). The molecule has 1 aliphatic carbocycles. The summed E-state index contributed by atoms with van der Waals surface area (Å²) in [6.07, 6.45) is 3.58. The Morgan fingerprint density at radius 2 is 2.00 bits per heavy atom. The van der Waals surface area contributed by atoms with Gasteiger partial charge in [-0.05, 0) is 32.7 Å². The summed E-state index contributed by atoms with van der Waals surface area (Å²) in [7, 11) is 2.10. The smallest absolute Gasteiger partial charge is 0.306 e. The van der Waals surface area contributed by atoms with Crippen molar-refractivity contribution in [1.29, 1.82) is 0 Å². The normalized spacial score (nSPS) is 16.8. The van der Waals surface area contributed by atoms with E-state index in [0.29, 0.717) is 10.2 Å². The Balaban J connectivity index is 1.47. The van der Waals surface area contributed by atoms with Gasteiger partial charge in [0, 0.05) is 31.7 Å². The highest BCUT2D eigenvalue weighted by atomic mass is 32.2. The molecular formula is C18H25N7O2S2. The van der Waals surface area contributed by atoms with Crippen molar-refractivity contribution in [3.05, 3.63) is 26.7 Å². The van der Waals surface area contributed by atoms with Gasteiger partial charge in [0.15, 0.2) is 0 Å². The fourth-order valence-electron chi connectivity index (χ4n) is 3.65. The van der Waals surface area contributed by atoms with Crippen LogP contribution in [0.5, 0.6) is 0 Å². The molecule has 0 radical (unpaired) electrons. The topological polar surface area (TPSA) is 96.2 Å². The molecule has 29 heavy (non-hydrogen) atoms. The summed E-state index contributed by atoms with van der Waals surface area (Å²) in [6, 6.07) is 0. The summed E-state index contributed by atoms with van der Waals surface area (Å²) < 4.78 is 1.78. The molecule has 0 spiro atoms. The second-order valence-corrected chi connectivity index (χ2v) is 9.26. The van der Waals surface area contributed by atoms with Gasteiger partial charge in [0.1, 0.15) is 10.0 Å². The second kappa shape index (κ2) is 8.80. The number of hydrogen-bond acceptors (Lipinski definition) is 9. The summed E-state index contributed by atoms with van der Waals surface area (Å²) in [6.45, 7) is 5.51. The zero-order chi connectivity index (χ0) is 20.4. The molecule has 0 bridgehead atoms. The molecule has 2 aromatic heterocycles. The predicted octanol–water partition coefficient (Wildman–Crippen LogP) is 0.760. The molecular weight excluding hydrogens is 410 g/mol. The average Bonchev–Trinajstić information content (AvgIpc) is 3.37. The lowest BCUT2D eigenvalue weighted by Gasteiger charge is -2.35. The van der Waals surface area contributed by atoms with Crippen molar-refractivity contribution in [1.82, 2.24) is 24.8 Å². The number of thioether (sulfide) groups is 1. The van der Waals surface area contributed by atoms with Crippen molar-refractivity contribution in [3.8, 4) is 0 Å². The number of carbonyl (C=O) groups is 1. The monoisotopic (exact) mass is 435 g/mol. The Hall–Kier alpha value is -1.98. The van der Waals surface area contributed by atoms with E-state index in [1.54, 1.807) is 4.68 Å². The van der Waals surface area contributed by atoms with E-state index in [4.69, 9.17) is 0 Å². The Labute approximate surface area is 177 Å².